The largest absolute Gasteiger partial charge is 0.494 e. The normalized spacial score (nSPS) is 10.7. The van der Waals surface area contributed by atoms with Gasteiger partial charge in [0.15, 0.2) is 5.82 Å². The first-order valence-corrected chi connectivity index (χ1v) is 7.93. The Bertz CT molecular complexity index is 988. The van der Waals surface area contributed by atoms with Crippen LogP contribution in [-0.2, 0) is 4.79 Å². The number of pyridine rings is 1. The summed E-state index contributed by atoms with van der Waals surface area (Å²) in [6, 6.07) is 11.0. The standard InChI is InChI=1S/C19H18N4O3/c1-23(2)11-17(24)21-19-12(10-20)9-14-13(15-5-4-8-26-15)6-7-16(25-3)18(14)22-19/h4-9H,11H2,1-3H3,(H,21,22,24). The van der Waals surface area contributed by atoms with E-state index >= 15 is 0 Å². The summed E-state index contributed by atoms with van der Waals surface area (Å²) in [6.07, 6.45) is 1.58. The van der Waals surface area contributed by atoms with Gasteiger partial charge in [-0.05, 0) is 44.4 Å². The third-order valence-electron chi connectivity index (χ3n) is 3.79. The summed E-state index contributed by atoms with van der Waals surface area (Å²) in [5, 5.41) is 12.9. The van der Waals surface area contributed by atoms with Crippen LogP contribution in [0.5, 0.6) is 5.75 Å². The Morgan fingerprint density at radius 3 is 2.81 bits per heavy atom. The molecule has 7 heteroatoms. The third-order valence-corrected chi connectivity index (χ3v) is 3.79. The third kappa shape index (κ3) is 3.36. The van der Waals surface area contributed by atoms with Crippen LogP contribution >= 0.6 is 0 Å². The molecule has 0 saturated heterocycles. The SMILES string of the molecule is COc1ccc(-c2ccco2)c2cc(C#N)c(NC(=O)CN(C)C)nc12. The summed E-state index contributed by atoms with van der Waals surface area (Å²) in [6.45, 7) is 0.189. The molecule has 26 heavy (non-hydrogen) atoms. The molecule has 0 spiro atoms. The van der Waals surface area contributed by atoms with E-state index in [4.69, 9.17) is 9.15 Å². The molecule has 0 atom stereocenters. The number of nitrogens with one attached hydrogen (secondary N) is 1. The number of benzene rings is 1. The Morgan fingerprint density at radius 1 is 1.38 bits per heavy atom. The second-order valence-corrected chi connectivity index (χ2v) is 5.97. The van der Waals surface area contributed by atoms with Crippen LogP contribution in [0.1, 0.15) is 5.56 Å². The van der Waals surface area contributed by atoms with Gasteiger partial charge in [-0.25, -0.2) is 4.98 Å². The highest BCUT2D eigenvalue weighted by atomic mass is 16.5. The molecule has 0 unspecified atom stereocenters. The molecule has 3 aromatic rings. The molecule has 0 aliphatic rings. The van der Waals surface area contributed by atoms with Crippen LogP contribution in [0.25, 0.3) is 22.2 Å². The number of nitrogens with zero attached hydrogens (tertiary/aromatic N) is 3. The van der Waals surface area contributed by atoms with E-state index in [0.29, 0.717) is 22.4 Å². The summed E-state index contributed by atoms with van der Waals surface area (Å²) in [4.78, 5) is 18.3. The van der Waals surface area contributed by atoms with E-state index in [9.17, 15) is 10.1 Å². The maximum absolute atomic E-state index is 12.1. The van der Waals surface area contributed by atoms with E-state index in [0.717, 1.165) is 5.56 Å². The molecule has 2 heterocycles. The van der Waals surface area contributed by atoms with Gasteiger partial charge in [0.05, 0.1) is 25.5 Å². The van der Waals surface area contributed by atoms with Crippen LogP contribution in [0, 0.1) is 11.3 Å². The van der Waals surface area contributed by atoms with Crippen molar-refractivity contribution in [3.63, 3.8) is 0 Å². The molecule has 0 radical (unpaired) electrons. The van der Waals surface area contributed by atoms with Crippen molar-refractivity contribution < 1.29 is 13.9 Å². The molecule has 1 aromatic carbocycles. The second kappa shape index (κ2) is 7.25. The van der Waals surface area contributed by atoms with E-state index in [1.54, 1.807) is 50.6 Å². The van der Waals surface area contributed by atoms with E-state index in [1.807, 2.05) is 12.1 Å². The lowest BCUT2D eigenvalue weighted by molar-refractivity contribution is -0.116. The number of nitriles is 1. The van der Waals surface area contributed by atoms with Crippen LogP contribution in [0.2, 0.25) is 0 Å². The first kappa shape index (κ1) is 17.5. The van der Waals surface area contributed by atoms with Crippen LogP contribution in [0.15, 0.2) is 41.0 Å². The number of methoxy groups -OCH3 is 1. The van der Waals surface area contributed by atoms with Crippen molar-refractivity contribution in [1.82, 2.24) is 9.88 Å². The van der Waals surface area contributed by atoms with Gasteiger partial charge < -0.3 is 19.4 Å². The number of rotatable bonds is 5. The molecular weight excluding hydrogens is 332 g/mol. The van der Waals surface area contributed by atoms with Gasteiger partial charge in [0, 0.05) is 10.9 Å². The number of hydrogen-bond acceptors (Lipinski definition) is 6. The topological polar surface area (TPSA) is 91.4 Å². The lowest BCUT2D eigenvalue weighted by Gasteiger charge is -2.13. The number of amides is 1. The average molecular weight is 350 g/mol. The van der Waals surface area contributed by atoms with Crippen molar-refractivity contribution in [2.75, 3.05) is 33.1 Å². The number of aromatic nitrogens is 1. The fraction of sp³-hybridized carbons (Fsp3) is 0.211. The molecule has 3 rings (SSSR count). The molecule has 0 saturated carbocycles. The molecule has 0 aliphatic carbocycles. The molecule has 7 nitrogen and oxygen atoms in total. The lowest BCUT2D eigenvalue weighted by Crippen LogP contribution is -2.27. The molecular formula is C19H18N4O3. The first-order valence-electron chi connectivity index (χ1n) is 7.93. The molecule has 2 aromatic heterocycles. The molecule has 132 valence electrons. The number of carbonyl (C=O) groups excluding carboxylic acids is 1. The van der Waals surface area contributed by atoms with Crippen molar-refractivity contribution in [1.29, 1.82) is 5.26 Å². The van der Waals surface area contributed by atoms with Crippen molar-refractivity contribution in [3.05, 3.63) is 42.2 Å². The number of ether oxygens (including phenoxy) is 1. The van der Waals surface area contributed by atoms with Gasteiger partial charge in [-0.3, -0.25) is 4.79 Å². The molecule has 1 amide bonds. The number of carbonyl (C=O) groups is 1. The summed E-state index contributed by atoms with van der Waals surface area (Å²) < 4.78 is 10.9. The molecule has 1 N–H and O–H groups in total. The van der Waals surface area contributed by atoms with E-state index in [1.165, 1.54) is 0 Å². The zero-order valence-electron chi connectivity index (χ0n) is 14.7. The Hall–Kier alpha value is -3.37. The van der Waals surface area contributed by atoms with Crippen LogP contribution in [-0.4, -0.2) is 43.5 Å². The fourth-order valence-electron chi connectivity index (χ4n) is 2.68. The fourth-order valence-corrected chi connectivity index (χ4v) is 2.68. The number of likely N-dealkylation sites (N-methyl/N-ethyl adjacent to an activating group) is 1. The highest BCUT2D eigenvalue weighted by molar-refractivity contribution is 6.00. The molecule has 0 bridgehead atoms. The Morgan fingerprint density at radius 2 is 2.19 bits per heavy atom. The quantitative estimate of drug-likeness (QED) is 0.761. The summed E-state index contributed by atoms with van der Waals surface area (Å²) in [5.74, 6) is 1.16. The Kier molecular flexibility index (Phi) is 4.87. The molecule has 0 aliphatic heterocycles. The van der Waals surface area contributed by atoms with Crippen LogP contribution in [0.3, 0.4) is 0 Å². The maximum Gasteiger partial charge on any atom is 0.239 e. The highest BCUT2D eigenvalue weighted by Crippen LogP contribution is 2.35. The van der Waals surface area contributed by atoms with Gasteiger partial charge in [0.2, 0.25) is 5.91 Å². The maximum atomic E-state index is 12.1. The molecule has 0 fully saturated rings. The van der Waals surface area contributed by atoms with Gasteiger partial charge in [-0.1, -0.05) is 0 Å². The summed E-state index contributed by atoms with van der Waals surface area (Å²) in [7, 11) is 5.13. The van der Waals surface area contributed by atoms with E-state index in [-0.39, 0.29) is 23.8 Å². The summed E-state index contributed by atoms with van der Waals surface area (Å²) in [5.41, 5.74) is 1.60. The van der Waals surface area contributed by atoms with Crippen LogP contribution in [0.4, 0.5) is 5.82 Å². The van der Waals surface area contributed by atoms with E-state index in [2.05, 4.69) is 16.4 Å². The first-order chi connectivity index (χ1) is 12.5. The second-order valence-electron chi connectivity index (χ2n) is 5.97. The summed E-state index contributed by atoms with van der Waals surface area (Å²) >= 11 is 0. The van der Waals surface area contributed by atoms with Crippen molar-refractivity contribution in [2.45, 2.75) is 0 Å². The van der Waals surface area contributed by atoms with Gasteiger partial charge in [0.25, 0.3) is 0 Å². The zero-order chi connectivity index (χ0) is 18.7. The van der Waals surface area contributed by atoms with Gasteiger partial charge in [-0.15, -0.1) is 0 Å². The van der Waals surface area contributed by atoms with Gasteiger partial charge >= 0.3 is 0 Å². The zero-order valence-corrected chi connectivity index (χ0v) is 14.7. The lowest BCUT2D eigenvalue weighted by atomic mass is 10.0. The average Bonchev–Trinajstić information content (AvgIpc) is 3.13. The predicted molar refractivity (Wildman–Crippen MR) is 97.9 cm³/mol. The highest BCUT2D eigenvalue weighted by Gasteiger charge is 2.17. The number of furan rings is 1. The number of anilines is 1. The smallest absolute Gasteiger partial charge is 0.239 e. The number of hydrogen-bond donors (Lipinski definition) is 1. The van der Waals surface area contributed by atoms with Crippen molar-refractivity contribution in [2.24, 2.45) is 0 Å². The van der Waals surface area contributed by atoms with Gasteiger partial charge in [0.1, 0.15) is 23.1 Å². The monoisotopic (exact) mass is 350 g/mol. The van der Waals surface area contributed by atoms with Crippen LogP contribution < -0.4 is 10.1 Å². The Balaban J connectivity index is 2.17. The Labute approximate surface area is 150 Å². The van der Waals surface area contributed by atoms with Gasteiger partial charge in [-0.2, -0.15) is 5.26 Å². The number of fused-ring (bicyclic) bond motifs is 1. The van der Waals surface area contributed by atoms with E-state index < -0.39 is 0 Å². The minimum absolute atomic E-state index is 0.189. The minimum atomic E-state index is -0.250. The minimum Gasteiger partial charge on any atom is -0.494 e. The van der Waals surface area contributed by atoms with Crippen molar-refractivity contribution >= 4 is 22.6 Å². The van der Waals surface area contributed by atoms with Crippen molar-refractivity contribution in [3.8, 4) is 23.1 Å². The predicted octanol–water partition coefficient (Wildman–Crippen LogP) is 2.88.